The molecule has 0 saturated carbocycles. The molecule has 0 aliphatic heterocycles. The molecule has 0 aliphatic carbocycles. The second-order valence-electron chi connectivity index (χ2n) is 3.67. The topological polar surface area (TPSA) is 38.3 Å². The summed E-state index contributed by atoms with van der Waals surface area (Å²) in [6, 6.07) is 4.76. The standard InChI is InChI=1S/C12H16FNO2/c1-8(6-12(15)14-2)9-4-5-11(16-3)10(13)7-9/h4-5,7-8H,6H2,1-3H3,(H,14,15). The molecule has 0 fully saturated rings. The third kappa shape index (κ3) is 2.95. The minimum absolute atomic E-state index is 0.0136. The molecule has 3 nitrogen and oxygen atoms in total. The monoisotopic (exact) mass is 225 g/mol. The quantitative estimate of drug-likeness (QED) is 0.852. The molecule has 1 aromatic rings. The van der Waals surface area contributed by atoms with Crippen LogP contribution in [0.5, 0.6) is 5.75 Å². The van der Waals surface area contributed by atoms with Crippen LogP contribution in [0.1, 0.15) is 24.8 Å². The van der Waals surface area contributed by atoms with Crippen LogP contribution in [-0.2, 0) is 4.79 Å². The largest absolute Gasteiger partial charge is 0.494 e. The van der Waals surface area contributed by atoms with Gasteiger partial charge in [0.25, 0.3) is 0 Å². The fraction of sp³-hybridized carbons (Fsp3) is 0.417. The smallest absolute Gasteiger partial charge is 0.220 e. The molecule has 0 aliphatic rings. The maximum atomic E-state index is 13.4. The Labute approximate surface area is 94.6 Å². The Morgan fingerprint density at radius 2 is 2.25 bits per heavy atom. The van der Waals surface area contributed by atoms with E-state index in [1.807, 2.05) is 6.92 Å². The number of hydrogen-bond donors (Lipinski definition) is 1. The third-order valence-electron chi connectivity index (χ3n) is 2.52. The highest BCUT2D eigenvalue weighted by Gasteiger charge is 2.12. The van der Waals surface area contributed by atoms with Gasteiger partial charge in [0.15, 0.2) is 11.6 Å². The van der Waals surface area contributed by atoms with Crippen molar-refractivity contribution in [1.82, 2.24) is 5.32 Å². The summed E-state index contributed by atoms with van der Waals surface area (Å²) in [5.74, 6) is -0.247. The van der Waals surface area contributed by atoms with Crippen LogP contribution in [0.3, 0.4) is 0 Å². The van der Waals surface area contributed by atoms with E-state index in [9.17, 15) is 9.18 Å². The van der Waals surface area contributed by atoms with Gasteiger partial charge in [-0.25, -0.2) is 4.39 Å². The average Bonchev–Trinajstić information content (AvgIpc) is 2.28. The number of halogens is 1. The Kier molecular flexibility index (Phi) is 4.28. The lowest BCUT2D eigenvalue weighted by Crippen LogP contribution is -2.19. The van der Waals surface area contributed by atoms with Crippen LogP contribution in [0, 0.1) is 5.82 Å². The van der Waals surface area contributed by atoms with Crippen molar-refractivity contribution >= 4 is 5.91 Å². The third-order valence-corrected chi connectivity index (χ3v) is 2.52. The summed E-state index contributed by atoms with van der Waals surface area (Å²) in [4.78, 5) is 11.2. The molecule has 1 unspecified atom stereocenters. The number of nitrogens with one attached hydrogen (secondary N) is 1. The first kappa shape index (κ1) is 12.5. The Morgan fingerprint density at radius 1 is 1.56 bits per heavy atom. The van der Waals surface area contributed by atoms with E-state index in [1.54, 1.807) is 19.2 Å². The van der Waals surface area contributed by atoms with Crippen molar-refractivity contribution in [1.29, 1.82) is 0 Å². The molecule has 1 amide bonds. The van der Waals surface area contributed by atoms with E-state index in [1.165, 1.54) is 13.2 Å². The highest BCUT2D eigenvalue weighted by Crippen LogP contribution is 2.24. The molecule has 1 atom stereocenters. The van der Waals surface area contributed by atoms with Gasteiger partial charge >= 0.3 is 0 Å². The van der Waals surface area contributed by atoms with Crippen molar-refractivity contribution in [3.05, 3.63) is 29.6 Å². The van der Waals surface area contributed by atoms with Crippen molar-refractivity contribution in [2.75, 3.05) is 14.2 Å². The number of amides is 1. The van der Waals surface area contributed by atoms with Crippen molar-refractivity contribution in [2.45, 2.75) is 19.3 Å². The maximum Gasteiger partial charge on any atom is 0.220 e. The van der Waals surface area contributed by atoms with Gasteiger partial charge in [-0.15, -0.1) is 0 Å². The molecule has 0 aromatic heterocycles. The van der Waals surface area contributed by atoms with Gasteiger partial charge in [-0.05, 0) is 23.6 Å². The van der Waals surface area contributed by atoms with Gasteiger partial charge in [0.2, 0.25) is 5.91 Å². The lowest BCUT2D eigenvalue weighted by atomic mass is 9.97. The van der Waals surface area contributed by atoms with Crippen LogP contribution in [0.4, 0.5) is 4.39 Å². The SMILES string of the molecule is CNC(=O)CC(C)c1ccc(OC)c(F)c1. The molecule has 1 aromatic carbocycles. The van der Waals surface area contributed by atoms with Crippen molar-refractivity contribution in [2.24, 2.45) is 0 Å². The molecular weight excluding hydrogens is 209 g/mol. The first-order valence-electron chi connectivity index (χ1n) is 5.12. The number of methoxy groups -OCH3 is 1. The Morgan fingerprint density at radius 3 is 2.75 bits per heavy atom. The highest BCUT2D eigenvalue weighted by atomic mass is 19.1. The molecule has 0 bridgehead atoms. The molecule has 16 heavy (non-hydrogen) atoms. The molecule has 0 spiro atoms. The molecule has 1 rings (SSSR count). The molecule has 0 heterocycles. The minimum atomic E-state index is -0.399. The van der Waals surface area contributed by atoms with Crippen LogP contribution in [0.25, 0.3) is 0 Å². The summed E-state index contributed by atoms with van der Waals surface area (Å²) in [7, 11) is 3.01. The van der Waals surface area contributed by atoms with Gasteiger partial charge in [0, 0.05) is 13.5 Å². The van der Waals surface area contributed by atoms with Gasteiger partial charge in [0.05, 0.1) is 7.11 Å². The summed E-state index contributed by atoms with van der Waals surface area (Å²) in [6.45, 7) is 1.89. The number of hydrogen-bond acceptors (Lipinski definition) is 2. The van der Waals surface area contributed by atoms with Crippen molar-refractivity contribution in [3.8, 4) is 5.75 Å². The van der Waals surface area contributed by atoms with Gasteiger partial charge in [-0.1, -0.05) is 13.0 Å². The molecule has 1 N–H and O–H groups in total. The van der Waals surface area contributed by atoms with Crippen molar-refractivity contribution < 1.29 is 13.9 Å². The first-order chi connectivity index (χ1) is 7.58. The Hall–Kier alpha value is -1.58. The zero-order valence-corrected chi connectivity index (χ0v) is 9.71. The molecule has 4 heteroatoms. The van der Waals surface area contributed by atoms with Crippen LogP contribution < -0.4 is 10.1 Å². The van der Waals surface area contributed by atoms with E-state index in [0.29, 0.717) is 6.42 Å². The van der Waals surface area contributed by atoms with Crippen LogP contribution >= 0.6 is 0 Å². The lowest BCUT2D eigenvalue weighted by molar-refractivity contribution is -0.120. The van der Waals surface area contributed by atoms with E-state index in [0.717, 1.165) is 5.56 Å². The second kappa shape index (κ2) is 5.49. The van der Waals surface area contributed by atoms with Crippen LogP contribution in [-0.4, -0.2) is 20.1 Å². The predicted molar refractivity (Wildman–Crippen MR) is 60.1 cm³/mol. The lowest BCUT2D eigenvalue weighted by Gasteiger charge is -2.12. The molecule has 0 saturated heterocycles. The fourth-order valence-corrected chi connectivity index (χ4v) is 1.49. The van der Waals surface area contributed by atoms with E-state index in [4.69, 9.17) is 4.74 Å². The molecular formula is C12H16FNO2. The Bertz CT molecular complexity index is 379. The second-order valence-corrected chi connectivity index (χ2v) is 3.67. The van der Waals surface area contributed by atoms with Crippen molar-refractivity contribution in [3.63, 3.8) is 0 Å². The summed E-state index contributed by atoms with van der Waals surface area (Å²) < 4.78 is 18.2. The number of rotatable bonds is 4. The fourth-order valence-electron chi connectivity index (χ4n) is 1.49. The van der Waals surface area contributed by atoms with Gasteiger partial charge < -0.3 is 10.1 Å². The van der Waals surface area contributed by atoms with Crippen LogP contribution in [0.2, 0.25) is 0 Å². The van der Waals surface area contributed by atoms with Gasteiger partial charge in [0.1, 0.15) is 0 Å². The summed E-state index contributed by atoms with van der Waals surface area (Å²) in [5, 5.41) is 2.55. The number of benzene rings is 1. The first-order valence-corrected chi connectivity index (χ1v) is 5.12. The zero-order chi connectivity index (χ0) is 12.1. The summed E-state index contributed by atoms with van der Waals surface area (Å²) in [6.07, 6.45) is 0.349. The molecule has 88 valence electrons. The normalized spacial score (nSPS) is 12.0. The van der Waals surface area contributed by atoms with Crippen LogP contribution in [0.15, 0.2) is 18.2 Å². The maximum absolute atomic E-state index is 13.4. The summed E-state index contributed by atoms with van der Waals surface area (Å²) in [5.41, 5.74) is 0.793. The number of carbonyl (C=O) groups is 1. The number of ether oxygens (including phenoxy) is 1. The minimum Gasteiger partial charge on any atom is -0.494 e. The average molecular weight is 225 g/mol. The van der Waals surface area contributed by atoms with E-state index < -0.39 is 5.82 Å². The molecule has 0 radical (unpaired) electrons. The highest BCUT2D eigenvalue weighted by molar-refractivity contribution is 5.76. The number of carbonyl (C=O) groups excluding carboxylic acids is 1. The zero-order valence-electron chi connectivity index (χ0n) is 9.71. The predicted octanol–water partition coefficient (Wildman–Crippen LogP) is 2.07. The van der Waals surface area contributed by atoms with E-state index in [-0.39, 0.29) is 17.6 Å². The summed E-state index contributed by atoms with van der Waals surface area (Å²) >= 11 is 0. The van der Waals surface area contributed by atoms with Gasteiger partial charge in [-0.3, -0.25) is 4.79 Å². The van der Waals surface area contributed by atoms with E-state index >= 15 is 0 Å². The Balaban J connectivity index is 2.80. The van der Waals surface area contributed by atoms with E-state index in [2.05, 4.69) is 5.32 Å². The van der Waals surface area contributed by atoms with Gasteiger partial charge in [-0.2, -0.15) is 0 Å².